The van der Waals surface area contributed by atoms with E-state index in [1.54, 1.807) is 4.90 Å². The van der Waals surface area contributed by atoms with Gasteiger partial charge in [-0.2, -0.15) is 0 Å². The van der Waals surface area contributed by atoms with E-state index in [9.17, 15) is 4.79 Å². The van der Waals surface area contributed by atoms with E-state index in [-0.39, 0.29) is 13.2 Å². The quantitative estimate of drug-likeness (QED) is 0.0905. The van der Waals surface area contributed by atoms with Crippen molar-refractivity contribution in [1.29, 1.82) is 0 Å². The Hall–Kier alpha value is -5.05. The van der Waals surface area contributed by atoms with Crippen LogP contribution in [0, 0.1) is 0 Å². The Morgan fingerprint density at radius 3 is 1.29 bits per heavy atom. The van der Waals surface area contributed by atoms with Gasteiger partial charge in [0.05, 0.1) is 45.1 Å². The molecule has 52 heavy (non-hydrogen) atoms. The summed E-state index contributed by atoms with van der Waals surface area (Å²) in [4.78, 5) is 16.3. The average molecular weight is 698 g/mol. The number of likely N-dealkylation sites (tertiary alicyclic amines) is 1. The number of carbonyl (C=O) groups excluding carboxylic acids is 1. The molecule has 268 valence electrons. The van der Waals surface area contributed by atoms with Crippen LogP contribution in [0.5, 0.6) is 0 Å². The maximum absolute atomic E-state index is 14.5. The summed E-state index contributed by atoms with van der Waals surface area (Å²) in [6.07, 6.45) is -0.0510. The molecule has 7 nitrogen and oxygen atoms in total. The van der Waals surface area contributed by atoms with Crippen LogP contribution in [0.25, 0.3) is 0 Å². The summed E-state index contributed by atoms with van der Waals surface area (Å²) in [5.41, 5.74) is 4.95. The van der Waals surface area contributed by atoms with E-state index in [0.29, 0.717) is 32.8 Å². The molecule has 0 bridgehead atoms. The lowest BCUT2D eigenvalue weighted by Gasteiger charge is -2.52. The highest BCUT2D eigenvalue weighted by atomic mass is 16.6. The first-order valence-electron chi connectivity index (χ1n) is 17.9. The summed E-state index contributed by atoms with van der Waals surface area (Å²) in [7, 11) is 0. The van der Waals surface area contributed by atoms with Crippen LogP contribution in [-0.4, -0.2) is 48.0 Å². The number of hydrogen-bond donors (Lipinski definition) is 0. The third-order valence-corrected chi connectivity index (χ3v) is 9.20. The number of carbonyl (C=O) groups is 1. The number of nitrogens with zero attached hydrogens (tertiary/aromatic N) is 1. The van der Waals surface area contributed by atoms with Crippen LogP contribution in [-0.2, 0) is 56.7 Å². The second-order valence-corrected chi connectivity index (χ2v) is 12.9. The molecule has 1 aliphatic heterocycles. The van der Waals surface area contributed by atoms with Gasteiger partial charge in [-0.15, -0.1) is 6.58 Å². The van der Waals surface area contributed by atoms with Gasteiger partial charge in [-0.05, 0) is 34.2 Å². The molecule has 0 radical (unpaired) electrons. The molecule has 0 unspecified atom stereocenters. The summed E-state index contributed by atoms with van der Waals surface area (Å²) in [6.45, 7) is 5.71. The number of ether oxygens (including phenoxy) is 5. The molecular weight excluding hydrogens is 650 g/mol. The predicted octanol–water partition coefficient (Wildman–Crippen LogP) is 8.93. The van der Waals surface area contributed by atoms with Crippen molar-refractivity contribution in [2.24, 2.45) is 0 Å². The van der Waals surface area contributed by atoms with Crippen molar-refractivity contribution in [2.75, 3.05) is 6.61 Å². The maximum Gasteiger partial charge on any atom is 0.410 e. The lowest BCUT2D eigenvalue weighted by molar-refractivity contribution is -0.222. The van der Waals surface area contributed by atoms with Crippen molar-refractivity contribution in [1.82, 2.24) is 4.90 Å². The molecule has 0 aliphatic carbocycles. The minimum atomic E-state index is -0.647. The van der Waals surface area contributed by atoms with E-state index in [0.717, 1.165) is 27.8 Å². The van der Waals surface area contributed by atoms with Gasteiger partial charge in [0.1, 0.15) is 24.9 Å². The molecule has 0 saturated carbocycles. The first kappa shape index (κ1) is 36.7. The van der Waals surface area contributed by atoms with Crippen LogP contribution >= 0.6 is 0 Å². The zero-order chi connectivity index (χ0) is 35.8. The highest BCUT2D eigenvalue weighted by molar-refractivity contribution is 5.69. The molecule has 5 aromatic rings. The number of piperidine rings is 1. The van der Waals surface area contributed by atoms with Crippen molar-refractivity contribution >= 4 is 6.09 Å². The number of rotatable bonds is 17. The Morgan fingerprint density at radius 1 is 0.500 bits per heavy atom. The highest BCUT2D eigenvalue weighted by Crippen LogP contribution is 2.35. The monoisotopic (exact) mass is 697 g/mol. The largest absolute Gasteiger partial charge is 0.445 e. The van der Waals surface area contributed by atoms with Gasteiger partial charge in [0, 0.05) is 0 Å². The predicted molar refractivity (Wildman–Crippen MR) is 202 cm³/mol. The van der Waals surface area contributed by atoms with Gasteiger partial charge in [0.15, 0.2) is 0 Å². The molecule has 7 heteroatoms. The molecule has 5 atom stereocenters. The Bertz CT molecular complexity index is 1760. The fraction of sp³-hybridized carbons (Fsp3) is 0.267. The maximum atomic E-state index is 14.5. The molecule has 1 amide bonds. The molecule has 0 spiro atoms. The van der Waals surface area contributed by atoms with Crippen LogP contribution in [0.1, 0.15) is 34.2 Å². The van der Waals surface area contributed by atoms with Crippen LogP contribution in [0.15, 0.2) is 164 Å². The zero-order valence-electron chi connectivity index (χ0n) is 29.5. The van der Waals surface area contributed by atoms with Crippen molar-refractivity contribution in [2.45, 2.75) is 69.9 Å². The Kier molecular flexibility index (Phi) is 13.8. The van der Waals surface area contributed by atoms with Crippen LogP contribution in [0.3, 0.4) is 0 Å². The SMILES string of the molecule is C=CC[C@H]1[C@H](OCc2ccccc2)[C@@H](OCc2ccccc2)[C@@H](OCc2ccccc2)[C@H](COCc2ccccc2)N1C(=O)OCc1ccccc1. The fourth-order valence-corrected chi connectivity index (χ4v) is 6.62. The van der Waals surface area contributed by atoms with Gasteiger partial charge < -0.3 is 23.7 Å². The van der Waals surface area contributed by atoms with E-state index in [1.165, 1.54) is 0 Å². The summed E-state index contributed by atoms with van der Waals surface area (Å²) in [6, 6.07) is 48.7. The van der Waals surface area contributed by atoms with Gasteiger partial charge in [-0.3, -0.25) is 4.90 Å². The number of amides is 1. The first-order valence-corrected chi connectivity index (χ1v) is 17.9. The smallest absolute Gasteiger partial charge is 0.410 e. The van der Waals surface area contributed by atoms with Gasteiger partial charge in [-0.25, -0.2) is 4.79 Å². The fourth-order valence-electron chi connectivity index (χ4n) is 6.62. The number of benzene rings is 5. The van der Waals surface area contributed by atoms with E-state index in [1.807, 2.05) is 158 Å². The Morgan fingerprint density at radius 2 is 0.865 bits per heavy atom. The molecular formula is C45H47NO6. The van der Waals surface area contributed by atoms with E-state index < -0.39 is 36.5 Å². The number of hydrogen-bond acceptors (Lipinski definition) is 6. The summed E-state index contributed by atoms with van der Waals surface area (Å²) >= 11 is 0. The topological polar surface area (TPSA) is 66.5 Å². The molecule has 0 aromatic heterocycles. The van der Waals surface area contributed by atoms with Gasteiger partial charge in [0.25, 0.3) is 0 Å². The molecule has 1 aliphatic rings. The second-order valence-electron chi connectivity index (χ2n) is 12.9. The normalized spacial score (nSPS) is 19.9. The summed E-state index contributed by atoms with van der Waals surface area (Å²) < 4.78 is 33.1. The summed E-state index contributed by atoms with van der Waals surface area (Å²) in [5.74, 6) is 0. The van der Waals surface area contributed by atoms with Crippen molar-refractivity contribution in [3.8, 4) is 0 Å². The zero-order valence-corrected chi connectivity index (χ0v) is 29.5. The summed E-state index contributed by atoms with van der Waals surface area (Å²) in [5, 5.41) is 0. The standard InChI is InChI=1S/C45H47NO6/c1-2-18-40-42(49-30-36-21-10-4-11-22-36)44(51-32-38-25-14-6-15-26-38)43(50-31-37-23-12-5-13-24-37)41(34-48-29-35-19-8-3-9-20-35)46(40)45(47)52-33-39-27-16-7-17-28-39/h2-17,19-28,40-44H,1,18,29-34H2/t40-,41-,42-,43-,44+/m0/s1. The Balaban J connectivity index is 1.38. The first-order chi connectivity index (χ1) is 25.7. The highest BCUT2D eigenvalue weighted by Gasteiger charge is 2.53. The lowest BCUT2D eigenvalue weighted by atomic mass is 9.86. The van der Waals surface area contributed by atoms with Crippen molar-refractivity contribution in [3.05, 3.63) is 192 Å². The minimum absolute atomic E-state index is 0.119. The third kappa shape index (κ3) is 10.3. The third-order valence-electron chi connectivity index (χ3n) is 9.20. The van der Waals surface area contributed by atoms with Crippen molar-refractivity contribution in [3.63, 3.8) is 0 Å². The van der Waals surface area contributed by atoms with Crippen LogP contribution in [0.4, 0.5) is 4.79 Å². The second kappa shape index (κ2) is 19.5. The molecule has 5 aromatic carbocycles. The van der Waals surface area contributed by atoms with E-state index >= 15 is 0 Å². The van der Waals surface area contributed by atoms with Gasteiger partial charge in [-0.1, -0.05) is 158 Å². The Labute approximate surface area is 307 Å². The molecule has 1 saturated heterocycles. The van der Waals surface area contributed by atoms with Gasteiger partial charge >= 0.3 is 6.09 Å². The van der Waals surface area contributed by atoms with Crippen LogP contribution < -0.4 is 0 Å². The van der Waals surface area contributed by atoms with Crippen LogP contribution in [0.2, 0.25) is 0 Å². The average Bonchev–Trinajstić information content (AvgIpc) is 3.20. The molecule has 6 rings (SSSR count). The molecule has 0 N–H and O–H groups in total. The van der Waals surface area contributed by atoms with E-state index in [2.05, 4.69) is 6.58 Å². The van der Waals surface area contributed by atoms with E-state index in [4.69, 9.17) is 23.7 Å². The molecule has 1 fully saturated rings. The van der Waals surface area contributed by atoms with Gasteiger partial charge in [0.2, 0.25) is 0 Å². The minimum Gasteiger partial charge on any atom is -0.445 e. The molecule has 1 heterocycles. The lowest BCUT2D eigenvalue weighted by Crippen LogP contribution is -2.70. The van der Waals surface area contributed by atoms with Crippen molar-refractivity contribution < 1.29 is 28.5 Å².